The molecule has 0 amide bonds. The van der Waals surface area contributed by atoms with Crippen LogP contribution in [-0.4, -0.2) is 65.7 Å². The van der Waals surface area contributed by atoms with Gasteiger partial charge in [-0.25, -0.2) is 13.1 Å². The Morgan fingerprint density at radius 2 is 1.77 bits per heavy atom. The molecule has 1 N–H and O–H groups in total. The van der Waals surface area contributed by atoms with Crippen molar-refractivity contribution in [2.45, 2.75) is 11.8 Å². The Morgan fingerprint density at radius 1 is 1.18 bits per heavy atom. The Kier molecular flexibility index (Phi) is 6.07. The standard InChI is InChI=1S/C13H21N3O4S2/c1-12-2-4-13(5-3-12)22(19,20)16-10-8-15(9-11-16)7-6-14-21(17)18/h2-5,14H,6-11H2,1H3,(H,17,18)/p-1. The highest BCUT2D eigenvalue weighted by atomic mass is 32.2. The normalized spacial score (nSPS) is 19.2. The molecule has 124 valence electrons. The van der Waals surface area contributed by atoms with Gasteiger partial charge in [0, 0.05) is 50.5 Å². The summed E-state index contributed by atoms with van der Waals surface area (Å²) < 4.78 is 49.6. The minimum Gasteiger partial charge on any atom is -0.760 e. The lowest BCUT2D eigenvalue weighted by atomic mass is 10.2. The third-order valence-electron chi connectivity index (χ3n) is 3.64. The number of nitrogens with zero attached hydrogens (tertiary/aromatic N) is 2. The molecule has 1 atom stereocenters. The first-order chi connectivity index (χ1) is 10.4. The fourth-order valence-corrected chi connectivity index (χ4v) is 4.02. The largest absolute Gasteiger partial charge is 0.760 e. The smallest absolute Gasteiger partial charge is 0.243 e. The van der Waals surface area contributed by atoms with E-state index in [2.05, 4.69) is 4.72 Å². The predicted molar refractivity (Wildman–Crippen MR) is 83.3 cm³/mol. The summed E-state index contributed by atoms with van der Waals surface area (Å²) >= 11 is -2.25. The zero-order valence-electron chi connectivity index (χ0n) is 12.4. The van der Waals surface area contributed by atoms with Crippen LogP contribution in [0.2, 0.25) is 0 Å². The molecule has 0 bridgehead atoms. The maximum Gasteiger partial charge on any atom is 0.243 e. The molecule has 1 aromatic rings. The second-order valence-electron chi connectivity index (χ2n) is 5.19. The summed E-state index contributed by atoms with van der Waals surface area (Å²) in [6.45, 7) is 4.84. The topological polar surface area (TPSA) is 92.8 Å². The molecule has 0 aliphatic carbocycles. The van der Waals surface area contributed by atoms with Crippen LogP contribution in [0.1, 0.15) is 5.56 Å². The van der Waals surface area contributed by atoms with Crippen LogP contribution in [0.4, 0.5) is 0 Å². The van der Waals surface area contributed by atoms with Crippen LogP contribution in [0.25, 0.3) is 0 Å². The van der Waals surface area contributed by atoms with E-state index in [1.54, 1.807) is 24.3 Å². The van der Waals surface area contributed by atoms with Crippen LogP contribution in [0, 0.1) is 6.92 Å². The van der Waals surface area contributed by atoms with Gasteiger partial charge in [0.1, 0.15) is 0 Å². The number of hydrogen-bond donors (Lipinski definition) is 1. The molecule has 0 spiro atoms. The van der Waals surface area contributed by atoms with Gasteiger partial charge >= 0.3 is 0 Å². The number of hydrogen-bond acceptors (Lipinski definition) is 5. The van der Waals surface area contributed by atoms with E-state index in [1.807, 2.05) is 11.8 Å². The van der Waals surface area contributed by atoms with E-state index in [1.165, 1.54) is 4.31 Å². The van der Waals surface area contributed by atoms with Crippen LogP contribution < -0.4 is 4.72 Å². The molecule has 1 aliphatic heterocycles. The van der Waals surface area contributed by atoms with Crippen LogP contribution in [0.15, 0.2) is 29.2 Å². The molecule has 7 nitrogen and oxygen atoms in total. The summed E-state index contributed by atoms with van der Waals surface area (Å²) in [5.74, 6) is 0. The van der Waals surface area contributed by atoms with E-state index >= 15 is 0 Å². The molecule has 1 fully saturated rings. The maximum atomic E-state index is 12.5. The Balaban J connectivity index is 1.90. The second-order valence-corrected chi connectivity index (χ2v) is 7.88. The van der Waals surface area contributed by atoms with Crippen LogP contribution in [0.5, 0.6) is 0 Å². The predicted octanol–water partition coefficient (Wildman–Crippen LogP) is -0.315. The number of piperazine rings is 1. The highest BCUT2D eigenvalue weighted by Gasteiger charge is 2.28. The molecular weight excluding hydrogens is 326 g/mol. The highest BCUT2D eigenvalue weighted by molar-refractivity contribution is 7.89. The van der Waals surface area contributed by atoms with Gasteiger partial charge in [-0.3, -0.25) is 9.11 Å². The molecule has 1 aromatic carbocycles. The van der Waals surface area contributed by atoms with E-state index in [-0.39, 0.29) is 0 Å². The third-order valence-corrected chi connectivity index (χ3v) is 5.99. The van der Waals surface area contributed by atoms with Crippen LogP contribution in [0.3, 0.4) is 0 Å². The molecule has 1 saturated heterocycles. The van der Waals surface area contributed by atoms with Crippen molar-refractivity contribution in [3.8, 4) is 0 Å². The molecule has 0 saturated carbocycles. The zero-order chi connectivity index (χ0) is 16.2. The van der Waals surface area contributed by atoms with Crippen molar-refractivity contribution in [1.82, 2.24) is 13.9 Å². The van der Waals surface area contributed by atoms with Gasteiger partial charge in [0.05, 0.1) is 4.90 Å². The van der Waals surface area contributed by atoms with Gasteiger partial charge in [-0.1, -0.05) is 17.7 Å². The van der Waals surface area contributed by atoms with Crippen molar-refractivity contribution in [2.75, 3.05) is 39.3 Å². The van der Waals surface area contributed by atoms with Crippen LogP contribution >= 0.6 is 0 Å². The van der Waals surface area contributed by atoms with E-state index < -0.39 is 21.3 Å². The van der Waals surface area contributed by atoms with Gasteiger partial charge in [-0.2, -0.15) is 4.31 Å². The molecule has 1 unspecified atom stereocenters. The third kappa shape index (κ3) is 4.58. The molecule has 0 radical (unpaired) electrons. The summed E-state index contributed by atoms with van der Waals surface area (Å²) in [4.78, 5) is 2.36. The van der Waals surface area contributed by atoms with Crippen molar-refractivity contribution in [1.29, 1.82) is 0 Å². The monoisotopic (exact) mass is 346 g/mol. The second kappa shape index (κ2) is 7.62. The SMILES string of the molecule is Cc1ccc(S(=O)(=O)N2CCN(CCNS(=O)[O-])CC2)cc1. The van der Waals surface area contributed by atoms with E-state index in [4.69, 9.17) is 0 Å². The van der Waals surface area contributed by atoms with E-state index in [0.717, 1.165) is 5.56 Å². The Hall–Kier alpha value is -0.840. The Morgan fingerprint density at radius 3 is 2.32 bits per heavy atom. The molecular formula is C13H20N3O4S2-. The number of aryl methyl sites for hydroxylation is 1. The van der Waals surface area contributed by atoms with Gasteiger partial charge in [0.2, 0.25) is 10.0 Å². The number of benzene rings is 1. The van der Waals surface area contributed by atoms with Gasteiger partial charge in [0.25, 0.3) is 0 Å². The van der Waals surface area contributed by atoms with Gasteiger partial charge in [0.15, 0.2) is 0 Å². The van der Waals surface area contributed by atoms with Crippen molar-refractivity contribution in [3.63, 3.8) is 0 Å². The molecule has 1 heterocycles. The zero-order valence-corrected chi connectivity index (χ0v) is 14.0. The van der Waals surface area contributed by atoms with Crippen molar-refractivity contribution in [2.24, 2.45) is 0 Å². The number of rotatable bonds is 6. The molecule has 0 aromatic heterocycles. The van der Waals surface area contributed by atoms with Crippen molar-refractivity contribution >= 4 is 21.3 Å². The fourth-order valence-electron chi connectivity index (χ4n) is 2.34. The maximum absolute atomic E-state index is 12.5. The highest BCUT2D eigenvalue weighted by Crippen LogP contribution is 2.18. The number of sulfonamides is 1. The molecule has 2 rings (SSSR count). The Bertz CT molecular complexity index is 611. The first-order valence-electron chi connectivity index (χ1n) is 7.01. The van der Waals surface area contributed by atoms with E-state index in [9.17, 15) is 17.2 Å². The molecule has 9 heteroatoms. The lowest BCUT2D eigenvalue weighted by Gasteiger charge is -2.34. The molecule has 22 heavy (non-hydrogen) atoms. The molecule has 1 aliphatic rings. The van der Waals surface area contributed by atoms with Crippen LogP contribution in [-0.2, 0) is 21.3 Å². The summed E-state index contributed by atoms with van der Waals surface area (Å²) in [6.07, 6.45) is 0. The summed E-state index contributed by atoms with van der Waals surface area (Å²) in [7, 11) is -3.44. The Labute approximate surface area is 133 Å². The number of nitrogens with one attached hydrogen (secondary N) is 1. The van der Waals surface area contributed by atoms with Gasteiger partial charge in [-0.05, 0) is 19.1 Å². The minimum atomic E-state index is -3.44. The lowest BCUT2D eigenvalue weighted by Crippen LogP contribution is -2.49. The van der Waals surface area contributed by atoms with Gasteiger partial charge < -0.3 is 4.55 Å². The lowest BCUT2D eigenvalue weighted by molar-refractivity contribution is 0.191. The summed E-state index contributed by atoms with van der Waals surface area (Å²) in [5.41, 5.74) is 1.02. The summed E-state index contributed by atoms with van der Waals surface area (Å²) in [6, 6.07) is 6.84. The average molecular weight is 346 g/mol. The first-order valence-corrected chi connectivity index (χ1v) is 9.53. The van der Waals surface area contributed by atoms with Gasteiger partial charge in [-0.15, -0.1) is 0 Å². The van der Waals surface area contributed by atoms with Crippen molar-refractivity contribution < 1.29 is 17.2 Å². The van der Waals surface area contributed by atoms with Crippen molar-refractivity contribution in [3.05, 3.63) is 29.8 Å². The summed E-state index contributed by atoms with van der Waals surface area (Å²) in [5, 5.41) is 0. The minimum absolute atomic E-state index is 0.315. The fraction of sp³-hybridized carbons (Fsp3) is 0.538. The average Bonchev–Trinajstić information content (AvgIpc) is 2.48. The van der Waals surface area contributed by atoms with E-state index in [0.29, 0.717) is 44.2 Å². The quantitative estimate of drug-likeness (QED) is 0.713. The first kappa shape index (κ1) is 17.5.